The Morgan fingerprint density at radius 3 is 2.56 bits per heavy atom. The molecule has 1 fully saturated rings. The Balaban J connectivity index is 1.74. The molecular formula is C23H33N5O4. The number of aromatic amines is 1. The number of ether oxygens (including phenoxy) is 2. The molecule has 9 heteroatoms. The minimum absolute atomic E-state index is 0.0168. The molecule has 3 rings (SSSR count). The van der Waals surface area contributed by atoms with E-state index in [-0.39, 0.29) is 18.0 Å². The van der Waals surface area contributed by atoms with Crippen LogP contribution >= 0.6 is 0 Å². The number of H-pyrrole nitrogens is 1. The fraction of sp³-hybridized carbons (Fsp3) is 0.565. The van der Waals surface area contributed by atoms with Gasteiger partial charge in [-0.1, -0.05) is 6.07 Å². The number of amides is 1. The van der Waals surface area contributed by atoms with Crippen LogP contribution < -0.4 is 5.32 Å². The largest absolute Gasteiger partial charge is 0.465 e. The van der Waals surface area contributed by atoms with Crippen molar-refractivity contribution in [2.24, 2.45) is 5.92 Å². The third-order valence-electron chi connectivity index (χ3n) is 5.25. The predicted molar refractivity (Wildman–Crippen MR) is 121 cm³/mol. The number of carbonyl (C=O) groups is 2. The number of hydrogen-bond donors (Lipinski definition) is 2. The zero-order valence-electron chi connectivity index (χ0n) is 19.5. The summed E-state index contributed by atoms with van der Waals surface area (Å²) >= 11 is 0. The Labute approximate surface area is 188 Å². The molecule has 0 bridgehead atoms. The summed E-state index contributed by atoms with van der Waals surface area (Å²) in [6.07, 6.45) is 1.02. The molecule has 3 heterocycles. The number of likely N-dealkylation sites (tertiary alicyclic amines) is 1. The molecule has 1 atom stereocenters. The highest BCUT2D eigenvalue weighted by molar-refractivity contribution is 5.78. The Morgan fingerprint density at radius 1 is 1.25 bits per heavy atom. The van der Waals surface area contributed by atoms with Crippen molar-refractivity contribution in [2.75, 3.05) is 25.0 Å². The van der Waals surface area contributed by atoms with E-state index in [1.807, 2.05) is 52.0 Å². The molecule has 1 amide bonds. The summed E-state index contributed by atoms with van der Waals surface area (Å²) in [5.74, 6) is 0.491. The summed E-state index contributed by atoms with van der Waals surface area (Å²) in [6.45, 7) is 10.6. The number of nitrogens with one attached hydrogen (secondary N) is 2. The van der Waals surface area contributed by atoms with E-state index in [0.29, 0.717) is 49.9 Å². The molecule has 2 aromatic heterocycles. The van der Waals surface area contributed by atoms with Crippen molar-refractivity contribution in [1.29, 1.82) is 0 Å². The van der Waals surface area contributed by atoms with Crippen molar-refractivity contribution in [2.45, 2.75) is 59.0 Å². The van der Waals surface area contributed by atoms with E-state index in [2.05, 4.69) is 20.5 Å². The quantitative estimate of drug-likeness (QED) is 0.645. The Bertz CT molecular complexity index is 928. The standard InChI is InChI=1S/C23H33N5O4/c1-6-31-21(29)20(16-10-12-28(13-11-16)22(30)32-23(3,4)5)17-8-7-9-18(24-17)25-19-14-15(2)26-27-19/h7-9,14,16,20H,6,10-13H2,1-5H3,(H2,24,25,26,27)/t20-/m1/s1. The molecule has 0 aromatic carbocycles. The van der Waals surface area contributed by atoms with E-state index in [9.17, 15) is 9.59 Å². The van der Waals surface area contributed by atoms with Gasteiger partial charge < -0.3 is 19.7 Å². The molecule has 174 valence electrons. The van der Waals surface area contributed by atoms with Crippen LogP contribution in [0.5, 0.6) is 0 Å². The van der Waals surface area contributed by atoms with Crippen LogP contribution in [0.1, 0.15) is 57.8 Å². The van der Waals surface area contributed by atoms with Gasteiger partial charge in [-0.3, -0.25) is 9.89 Å². The average molecular weight is 444 g/mol. The zero-order chi connectivity index (χ0) is 23.3. The summed E-state index contributed by atoms with van der Waals surface area (Å²) in [6, 6.07) is 7.43. The van der Waals surface area contributed by atoms with Crippen LogP contribution in [-0.4, -0.2) is 57.4 Å². The SMILES string of the molecule is CCOC(=O)[C@@H](c1cccc(Nc2cc(C)[nH]n2)n1)C1CCN(C(=O)OC(C)(C)C)CC1. The Morgan fingerprint density at radius 2 is 1.97 bits per heavy atom. The van der Waals surface area contributed by atoms with Crippen molar-refractivity contribution in [1.82, 2.24) is 20.1 Å². The van der Waals surface area contributed by atoms with E-state index in [1.54, 1.807) is 11.8 Å². The van der Waals surface area contributed by atoms with Crippen molar-refractivity contribution in [3.63, 3.8) is 0 Å². The van der Waals surface area contributed by atoms with Crippen LogP contribution in [0.15, 0.2) is 24.3 Å². The first kappa shape index (κ1) is 23.6. The molecule has 9 nitrogen and oxygen atoms in total. The lowest BCUT2D eigenvalue weighted by atomic mass is 9.82. The van der Waals surface area contributed by atoms with Gasteiger partial charge in [-0.2, -0.15) is 5.10 Å². The van der Waals surface area contributed by atoms with Crippen LogP contribution in [0.25, 0.3) is 0 Å². The maximum absolute atomic E-state index is 12.9. The van der Waals surface area contributed by atoms with Crippen LogP contribution in [0.3, 0.4) is 0 Å². The van der Waals surface area contributed by atoms with Gasteiger partial charge in [0.1, 0.15) is 17.3 Å². The van der Waals surface area contributed by atoms with Crippen LogP contribution in [0.4, 0.5) is 16.4 Å². The number of aromatic nitrogens is 3. The minimum Gasteiger partial charge on any atom is -0.465 e. The van der Waals surface area contributed by atoms with E-state index >= 15 is 0 Å². The number of anilines is 2. The van der Waals surface area contributed by atoms with Gasteiger partial charge >= 0.3 is 12.1 Å². The van der Waals surface area contributed by atoms with Gasteiger partial charge in [0.25, 0.3) is 0 Å². The number of pyridine rings is 1. The average Bonchev–Trinajstić information content (AvgIpc) is 3.12. The molecular weight excluding hydrogens is 410 g/mol. The highest BCUT2D eigenvalue weighted by atomic mass is 16.6. The van der Waals surface area contributed by atoms with Gasteiger partial charge in [0.2, 0.25) is 0 Å². The number of piperidine rings is 1. The summed E-state index contributed by atoms with van der Waals surface area (Å²) in [4.78, 5) is 31.7. The number of rotatable bonds is 6. The molecule has 1 aliphatic heterocycles. The molecule has 0 saturated carbocycles. The molecule has 1 aliphatic rings. The van der Waals surface area contributed by atoms with Crippen LogP contribution in [0.2, 0.25) is 0 Å². The van der Waals surface area contributed by atoms with Gasteiger partial charge in [0, 0.05) is 24.8 Å². The monoisotopic (exact) mass is 443 g/mol. The van der Waals surface area contributed by atoms with Crippen LogP contribution in [0, 0.1) is 12.8 Å². The first-order valence-corrected chi connectivity index (χ1v) is 11.1. The van der Waals surface area contributed by atoms with E-state index < -0.39 is 11.5 Å². The fourth-order valence-electron chi connectivity index (χ4n) is 3.84. The second kappa shape index (κ2) is 10.0. The Kier molecular flexibility index (Phi) is 7.37. The topological polar surface area (TPSA) is 109 Å². The fourth-order valence-corrected chi connectivity index (χ4v) is 3.84. The smallest absolute Gasteiger partial charge is 0.410 e. The molecule has 2 aromatic rings. The lowest BCUT2D eigenvalue weighted by Crippen LogP contribution is -2.43. The summed E-state index contributed by atoms with van der Waals surface area (Å²) in [5.41, 5.74) is 1.05. The minimum atomic E-state index is -0.536. The van der Waals surface area contributed by atoms with Gasteiger partial charge in [0.05, 0.1) is 12.3 Å². The summed E-state index contributed by atoms with van der Waals surface area (Å²) in [5, 5.41) is 10.2. The highest BCUT2D eigenvalue weighted by Crippen LogP contribution is 2.34. The van der Waals surface area contributed by atoms with Crippen molar-refractivity contribution in [3.8, 4) is 0 Å². The molecule has 2 N–H and O–H groups in total. The molecule has 0 spiro atoms. The van der Waals surface area contributed by atoms with E-state index in [1.165, 1.54) is 0 Å². The van der Waals surface area contributed by atoms with Gasteiger partial charge in [-0.15, -0.1) is 0 Å². The predicted octanol–water partition coefficient (Wildman–Crippen LogP) is 4.15. The second-order valence-electron chi connectivity index (χ2n) is 9.04. The third kappa shape index (κ3) is 6.21. The molecule has 0 aliphatic carbocycles. The maximum Gasteiger partial charge on any atom is 0.410 e. The van der Waals surface area contributed by atoms with Gasteiger partial charge in [-0.25, -0.2) is 9.78 Å². The lowest BCUT2D eigenvalue weighted by Gasteiger charge is -2.35. The zero-order valence-corrected chi connectivity index (χ0v) is 19.5. The summed E-state index contributed by atoms with van der Waals surface area (Å²) < 4.78 is 10.9. The second-order valence-corrected chi connectivity index (χ2v) is 9.04. The lowest BCUT2D eigenvalue weighted by molar-refractivity contribution is -0.147. The normalized spacial score (nSPS) is 15.8. The van der Waals surface area contributed by atoms with Gasteiger partial charge in [0.15, 0.2) is 5.82 Å². The van der Waals surface area contributed by atoms with Crippen molar-refractivity contribution < 1.29 is 19.1 Å². The third-order valence-corrected chi connectivity index (χ3v) is 5.25. The van der Waals surface area contributed by atoms with Crippen molar-refractivity contribution >= 4 is 23.7 Å². The molecule has 1 saturated heterocycles. The maximum atomic E-state index is 12.9. The molecule has 0 unspecified atom stereocenters. The van der Waals surface area contributed by atoms with Crippen LogP contribution in [-0.2, 0) is 14.3 Å². The number of carbonyl (C=O) groups excluding carboxylic acids is 2. The van der Waals surface area contributed by atoms with E-state index in [4.69, 9.17) is 9.47 Å². The first-order chi connectivity index (χ1) is 15.2. The first-order valence-electron chi connectivity index (χ1n) is 11.1. The summed E-state index contributed by atoms with van der Waals surface area (Å²) in [7, 11) is 0. The number of nitrogens with zero attached hydrogens (tertiary/aromatic N) is 3. The highest BCUT2D eigenvalue weighted by Gasteiger charge is 2.36. The molecule has 32 heavy (non-hydrogen) atoms. The molecule has 0 radical (unpaired) electrons. The van der Waals surface area contributed by atoms with Gasteiger partial charge in [-0.05, 0) is 65.5 Å². The number of hydrogen-bond acceptors (Lipinski definition) is 7. The van der Waals surface area contributed by atoms with E-state index in [0.717, 1.165) is 5.69 Å². The Hall–Kier alpha value is -3.10. The van der Waals surface area contributed by atoms with Crippen molar-refractivity contribution in [3.05, 3.63) is 35.7 Å². The number of esters is 1. The number of aryl methyl sites for hydroxylation is 1.